The molecule has 0 aliphatic carbocycles. The van der Waals surface area contributed by atoms with Gasteiger partial charge in [0.2, 0.25) is 10.0 Å². The summed E-state index contributed by atoms with van der Waals surface area (Å²) in [6.45, 7) is 0.304. The quantitative estimate of drug-likeness (QED) is 0.530. The lowest BCUT2D eigenvalue weighted by Crippen LogP contribution is -2.50. The second-order valence-electron chi connectivity index (χ2n) is 6.23. The van der Waals surface area contributed by atoms with Gasteiger partial charge in [-0.3, -0.25) is 4.79 Å². The van der Waals surface area contributed by atoms with Gasteiger partial charge in [0.15, 0.2) is 0 Å². The van der Waals surface area contributed by atoms with E-state index in [9.17, 15) is 30.8 Å². The number of alkyl halides is 3. The van der Waals surface area contributed by atoms with Crippen molar-refractivity contribution in [1.82, 2.24) is 9.21 Å². The molecule has 0 aromatic heterocycles. The molecular formula is C18H16F4N2O3S2. The topological polar surface area (TPSA) is 57.7 Å². The Hall–Kier alpha value is -2.11. The first-order chi connectivity index (χ1) is 13.6. The van der Waals surface area contributed by atoms with Crippen LogP contribution < -0.4 is 0 Å². The van der Waals surface area contributed by atoms with Crippen molar-refractivity contribution in [2.45, 2.75) is 15.3 Å². The number of hydrogen-bond donors (Lipinski definition) is 0. The molecule has 0 saturated carbocycles. The van der Waals surface area contributed by atoms with Crippen molar-refractivity contribution in [1.29, 1.82) is 0 Å². The summed E-state index contributed by atoms with van der Waals surface area (Å²) in [4.78, 5) is 13.8. The fourth-order valence-corrected chi connectivity index (χ4v) is 4.88. The molecule has 1 saturated heterocycles. The highest BCUT2D eigenvalue weighted by Gasteiger charge is 2.31. The minimum Gasteiger partial charge on any atom is -0.336 e. The second-order valence-corrected chi connectivity index (χ2v) is 9.30. The van der Waals surface area contributed by atoms with Crippen LogP contribution in [0.25, 0.3) is 0 Å². The first kappa shape index (κ1) is 21.6. The number of thioether (sulfide) groups is 1. The molecule has 2 aromatic rings. The predicted octanol–water partition coefficient (Wildman–Crippen LogP) is 3.58. The molecule has 5 nitrogen and oxygen atoms in total. The number of amides is 1. The van der Waals surface area contributed by atoms with Gasteiger partial charge in [-0.25, -0.2) is 12.8 Å². The molecule has 0 radical (unpaired) electrons. The van der Waals surface area contributed by atoms with Gasteiger partial charge in [0.1, 0.15) is 5.82 Å². The van der Waals surface area contributed by atoms with E-state index in [-0.39, 0.29) is 53.3 Å². The van der Waals surface area contributed by atoms with Gasteiger partial charge in [0.25, 0.3) is 5.91 Å². The van der Waals surface area contributed by atoms with E-state index in [1.165, 1.54) is 45.6 Å². The van der Waals surface area contributed by atoms with Gasteiger partial charge in [0, 0.05) is 36.6 Å². The van der Waals surface area contributed by atoms with Crippen LogP contribution in [0.15, 0.2) is 58.3 Å². The van der Waals surface area contributed by atoms with Crippen molar-refractivity contribution in [3.63, 3.8) is 0 Å². The van der Waals surface area contributed by atoms with E-state index in [1.54, 1.807) is 0 Å². The highest BCUT2D eigenvalue weighted by molar-refractivity contribution is 8.00. The molecule has 1 amide bonds. The third kappa shape index (κ3) is 5.28. The first-order valence-electron chi connectivity index (χ1n) is 8.47. The van der Waals surface area contributed by atoms with Gasteiger partial charge in [-0.05, 0) is 54.2 Å². The lowest BCUT2D eigenvalue weighted by Gasteiger charge is -2.34. The third-order valence-electron chi connectivity index (χ3n) is 4.29. The molecule has 1 fully saturated rings. The molecule has 29 heavy (non-hydrogen) atoms. The van der Waals surface area contributed by atoms with E-state index in [0.717, 1.165) is 12.1 Å². The summed E-state index contributed by atoms with van der Waals surface area (Å²) in [7, 11) is -3.88. The maximum atomic E-state index is 13.3. The van der Waals surface area contributed by atoms with E-state index in [0.29, 0.717) is 0 Å². The maximum absolute atomic E-state index is 13.3. The Morgan fingerprint density at radius 2 is 1.59 bits per heavy atom. The Bertz CT molecular complexity index is 987. The van der Waals surface area contributed by atoms with E-state index in [2.05, 4.69) is 0 Å². The number of sulfonamides is 1. The minimum atomic E-state index is -4.41. The van der Waals surface area contributed by atoms with Crippen LogP contribution in [-0.4, -0.2) is 55.2 Å². The number of rotatable bonds is 4. The third-order valence-corrected chi connectivity index (χ3v) is 6.93. The van der Waals surface area contributed by atoms with Gasteiger partial charge < -0.3 is 4.90 Å². The summed E-state index contributed by atoms with van der Waals surface area (Å²) < 4.78 is 76.9. The van der Waals surface area contributed by atoms with Gasteiger partial charge in [-0.15, -0.1) is 0 Å². The van der Waals surface area contributed by atoms with Crippen LogP contribution in [-0.2, 0) is 10.0 Å². The summed E-state index contributed by atoms with van der Waals surface area (Å²) in [6.07, 6.45) is 0. The van der Waals surface area contributed by atoms with E-state index in [1.807, 2.05) is 0 Å². The van der Waals surface area contributed by atoms with E-state index in [4.69, 9.17) is 0 Å². The van der Waals surface area contributed by atoms with E-state index < -0.39 is 27.3 Å². The fraction of sp³-hybridized carbons (Fsp3) is 0.278. The Morgan fingerprint density at radius 1 is 0.966 bits per heavy atom. The van der Waals surface area contributed by atoms with Crippen molar-refractivity contribution in [3.8, 4) is 0 Å². The summed E-state index contributed by atoms with van der Waals surface area (Å²) in [6, 6.07) is 9.76. The SMILES string of the molecule is O=C(c1ccc(SC(F)(F)F)cc1)N1CCN(S(=O)(=O)c2cccc(F)c2)CC1. The lowest BCUT2D eigenvalue weighted by atomic mass is 10.2. The van der Waals surface area contributed by atoms with Crippen molar-refractivity contribution >= 4 is 27.7 Å². The average molecular weight is 448 g/mol. The van der Waals surface area contributed by atoms with Crippen LogP contribution in [0.1, 0.15) is 10.4 Å². The predicted molar refractivity (Wildman–Crippen MR) is 99.4 cm³/mol. The molecular weight excluding hydrogens is 432 g/mol. The van der Waals surface area contributed by atoms with Gasteiger partial charge in [0.05, 0.1) is 4.90 Å². The number of carbonyl (C=O) groups is 1. The minimum absolute atomic E-state index is 0.0277. The van der Waals surface area contributed by atoms with Crippen molar-refractivity contribution < 1.29 is 30.8 Å². The molecule has 3 rings (SSSR count). The van der Waals surface area contributed by atoms with Crippen LogP contribution in [0.4, 0.5) is 17.6 Å². The van der Waals surface area contributed by atoms with Gasteiger partial charge in [-0.2, -0.15) is 17.5 Å². The molecule has 11 heteroatoms. The Labute approximate surface area is 169 Å². The molecule has 2 aromatic carbocycles. The number of nitrogens with zero attached hydrogens (tertiary/aromatic N) is 2. The highest BCUT2D eigenvalue weighted by Crippen LogP contribution is 2.36. The molecule has 0 bridgehead atoms. The number of carbonyl (C=O) groups excluding carboxylic acids is 1. The van der Waals surface area contributed by atoms with Crippen LogP contribution >= 0.6 is 11.8 Å². The Morgan fingerprint density at radius 3 is 2.14 bits per heavy atom. The van der Waals surface area contributed by atoms with Crippen LogP contribution in [0.2, 0.25) is 0 Å². The number of halogens is 4. The summed E-state index contributed by atoms with van der Waals surface area (Å²) in [5, 5.41) is 0. The molecule has 0 unspecified atom stereocenters. The van der Waals surface area contributed by atoms with Crippen LogP contribution in [0, 0.1) is 5.82 Å². The number of hydrogen-bond acceptors (Lipinski definition) is 4. The molecule has 1 aliphatic heterocycles. The Kier molecular flexibility index (Phi) is 6.20. The number of benzene rings is 2. The maximum Gasteiger partial charge on any atom is 0.446 e. The zero-order valence-corrected chi connectivity index (χ0v) is 16.5. The van der Waals surface area contributed by atoms with Crippen molar-refractivity contribution in [2.24, 2.45) is 0 Å². The van der Waals surface area contributed by atoms with Crippen molar-refractivity contribution in [3.05, 3.63) is 59.9 Å². The number of piperazine rings is 1. The van der Waals surface area contributed by atoms with Gasteiger partial charge >= 0.3 is 5.51 Å². The van der Waals surface area contributed by atoms with Crippen molar-refractivity contribution in [2.75, 3.05) is 26.2 Å². The second kappa shape index (κ2) is 8.33. The summed E-state index contributed by atoms with van der Waals surface area (Å²) in [5.41, 5.74) is -4.19. The zero-order valence-electron chi connectivity index (χ0n) is 14.9. The molecule has 1 heterocycles. The summed E-state index contributed by atoms with van der Waals surface area (Å²) in [5.74, 6) is -1.05. The molecule has 0 spiro atoms. The van der Waals surface area contributed by atoms with Crippen LogP contribution in [0.3, 0.4) is 0 Å². The normalized spacial score (nSPS) is 16.1. The standard InChI is InChI=1S/C18H16F4N2O3S2/c19-14-2-1-3-16(12-14)29(26,27)24-10-8-23(9-11-24)17(25)13-4-6-15(7-5-13)28-18(20,21)22/h1-7,12H,8-11H2. The molecule has 0 N–H and O–H groups in total. The average Bonchev–Trinajstić information content (AvgIpc) is 2.67. The lowest BCUT2D eigenvalue weighted by molar-refractivity contribution is -0.0328. The largest absolute Gasteiger partial charge is 0.446 e. The fourth-order valence-electron chi connectivity index (χ4n) is 2.89. The smallest absolute Gasteiger partial charge is 0.336 e. The van der Waals surface area contributed by atoms with Crippen LogP contribution in [0.5, 0.6) is 0 Å². The molecule has 0 atom stereocenters. The van der Waals surface area contributed by atoms with E-state index >= 15 is 0 Å². The Balaban J connectivity index is 1.64. The highest BCUT2D eigenvalue weighted by atomic mass is 32.2. The first-order valence-corrected chi connectivity index (χ1v) is 10.7. The molecule has 156 valence electrons. The molecule has 1 aliphatic rings. The van der Waals surface area contributed by atoms with Gasteiger partial charge in [-0.1, -0.05) is 6.07 Å². The summed E-state index contributed by atoms with van der Waals surface area (Å²) >= 11 is -0.266. The monoisotopic (exact) mass is 448 g/mol. The zero-order chi connectivity index (χ0) is 21.2.